The fraction of sp³-hybridized carbons (Fsp3) is 0.417. The predicted molar refractivity (Wildman–Crippen MR) is 126 cm³/mol. The van der Waals surface area contributed by atoms with Crippen LogP contribution < -0.4 is 22.0 Å². The molecule has 0 aliphatic carbocycles. The first-order chi connectivity index (χ1) is 15.9. The van der Waals surface area contributed by atoms with Gasteiger partial charge in [-0.25, -0.2) is 14.4 Å². The smallest absolute Gasteiger partial charge is 0.340 e. The molecule has 0 bridgehead atoms. The lowest BCUT2D eigenvalue weighted by Crippen LogP contribution is -2.42. The van der Waals surface area contributed by atoms with Crippen LogP contribution in [0, 0.1) is 6.92 Å². The highest BCUT2D eigenvalue weighted by atomic mass is 16.4. The summed E-state index contributed by atoms with van der Waals surface area (Å²) in [6.45, 7) is 8.12. The van der Waals surface area contributed by atoms with Crippen molar-refractivity contribution in [1.29, 1.82) is 0 Å². The van der Waals surface area contributed by atoms with Crippen LogP contribution in [-0.4, -0.2) is 35.6 Å². The molecule has 1 aromatic carbocycles. The van der Waals surface area contributed by atoms with Crippen LogP contribution in [0.25, 0.3) is 21.9 Å². The third-order valence-electron chi connectivity index (χ3n) is 5.73. The van der Waals surface area contributed by atoms with Gasteiger partial charge in [-0.3, -0.25) is 4.79 Å². The number of nitrogens with two attached hydrogens (primary N) is 1. The van der Waals surface area contributed by atoms with Gasteiger partial charge in [-0.1, -0.05) is 20.8 Å². The van der Waals surface area contributed by atoms with Crippen molar-refractivity contribution < 1.29 is 28.3 Å². The van der Waals surface area contributed by atoms with Crippen molar-refractivity contribution in [2.45, 2.75) is 58.4 Å². The molecular weight excluding hydrogens is 442 g/mol. The summed E-state index contributed by atoms with van der Waals surface area (Å²) < 4.78 is 11.1. The quantitative estimate of drug-likeness (QED) is 0.290. The van der Waals surface area contributed by atoms with E-state index < -0.39 is 29.6 Å². The molecule has 2 heterocycles. The Morgan fingerprint density at radius 2 is 1.85 bits per heavy atom. The molecular formula is C24H29N3O7. The predicted octanol–water partition coefficient (Wildman–Crippen LogP) is 2.71. The molecule has 10 heteroatoms. The summed E-state index contributed by atoms with van der Waals surface area (Å²) in [5, 5.41) is 15.8. The van der Waals surface area contributed by atoms with Crippen LogP contribution in [0.15, 0.2) is 32.0 Å². The molecule has 0 saturated carbocycles. The number of aryl methyl sites for hydroxylation is 1. The summed E-state index contributed by atoms with van der Waals surface area (Å²) in [6.07, 6.45) is 1.74. The van der Waals surface area contributed by atoms with Crippen LogP contribution in [0.2, 0.25) is 0 Å². The van der Waals surface area contributed by atoms with Crippen LogP contribution in [0.4, 0.5) is 4.79 Å². The van der Waals surface area contributed by atoms with Crippen molar-refractivity contribution in [3.05, 3.63) is 45.5 Å². The van der Waals surface area contributed by atoms with E-state index in [2.05, 4.69) is 31.4 Å². The van der Waals surface area contributed by atoms with Crippen LogP contribution in [0.3, 0.4) is 0 Å². The molecule has 5 N–H and O–H groups in total. The minimum atomic E-state index is -1.22. The Kier molecular flexibility index (Phi) is 6.99. The molecule has 34 heavy (non-hydrogen) atoms. The maximum atomic E-state index is 12.6. The number of aliphatic carboxylic acids is 1. The van der Waals surface area contributed by atoms with Gasteiger partial charge in [0.25, 0.3) is 0 Å². The van der Waals surface area contributed by atoms with Crippen LogP contribution in [-0.2, 0) is 21.4 Å². The van der Waals surface area contributed by atoms with Gasteiger partial charge in [0.05, 0.1) is 18.2 Å². The number of carbonyl (C=O) groups is 3. The van der Waals surface area contributed by atoms with Crippen molar-refractivity contribution in [2.24, 2.45) is 5.73 Å². The van der Waals surface area contributed by atoms with Gasteiger partial charge in [-0.2, -0.15) is 0 Å². The molecule has 3 aromatic rings. The number of rotatable bonds is 8. The average molecular weight is 472 g/mol. The highest BCUT2D eigenvalue weighted by Crippen LogP contribution is 2.35. The summed E-state index contributed by atoms with van der Waals surface area (Å²) in [5.41, 5.74) is 6.84. The lowest BCUT2D eigenvalue weighted by atomic mass is 9.86. The normalized spacial score (nSPS) is 12.6. The second-order valence-electron chi connectivity index (χ2n) is 9.31. The summed E-state index contributed by atoms with van der Waals surface area (Å²) in [5.74, 6) is -1.84. The number of urea groups is 1. The van der Waals surface area contributed by atoms with Gasteiger partial charge < -0.3 is 30.3 Å². The minimum Gasteiger partial charge on any atom is -0.480 e. The molecule has 10 nitrogen and oxygen atoms in total. The third kappa shape index (κ3) is 5.38. The molecule has 0 radical (unpaired) electrons. The third-order valence-corrected chi connectivity index (χ3v) is 5.73. The van der Waals surface area contributed by atoms with Gasteiger partial charge in [0.2, 0.25) is 5.91 Å². The average Bonchev–Trinajstić information content (AvgIpc) is 3.15. The van der Waals surface area contributed by atoms with E-state index in [-0.39, 0.29) is 30.4 Å². The van der Waals surface area contributed by atoms with E-state index in [0.29, 0.717) is 28.5 Å². The standard InChI is InChI=1S/C24H29N3O7/c1-12-13-8-15-16(24(2,3)4)11-33-18(15)10-19(13)34-22(31)14(12)9-20(28)27-17(21(29)30)6-5-7-26-23(25)32/h8,10-11,17H,5-7,9H2,1-4H3,(H,27,28)(H,29,30)(H3,25,26,32)/t17-/m0/s1. The van der Waals surface area contributed by atoms with Gasteiger partial charge in [0.15, 0.2) is 0 Å². The molecule has 1 atom stereocenters. The number of nitrogens with one attached hydrogen (secondary N) is 2. The van der Waals surface area contributed by atoms with E-state index in [4.69, 9.17) is 14.6 Å². The van der Waals surface area contributed by atoms with E-state index in [1.54, 1.807) is 19.3 Å². The first kappa shape index (κ1) is 24.8. The number of hydrogen-bond acceptors (Lipinski definition) is 6. The highest BCUT2D eigenvalue weighted by molar-refractivity contribution is 5.97. The largest absolute Gasteiger partial charge is 0.480 e. The summed E-state index contributed by atoms with van der Waals surface area (Å²) in [4.78, 5) is 47.5. The number of amides is 3. The van der Waals surface area contributed by atoms with E-state index in [1.165, 1.54) is 0 Å². The van der Waals surface area contributed by atoms with Gasteiger partial charge in [0, 0.05) is 28.9 Å². The number of fused-ring (bicyclic) bond motifs is 2. The van der Waals surface area contributed by atoms with E-state index in [1.807, 2.05) is 6.07 Å². The zero-order valence-electron chi connectivity index (χ0n) is 19.6. The minimum absolute atomic E-state index is 0.0840. The lowest BCUT2D eigenvalue weighted by Gasteiger charge is -2.17. The molecule has 0 saturated heterocycles. The van der Waals surface area contributed by atoms with Crippen LogP contribution in [0.5, 0.6) is 0 Å². The van der Waals surface area contributed by atoms with Gasteiger partial charge in [-0.15, -0.1) is 0 Å². The van der Waals surface area contributed by atoms with Gasteiger partial charge >= 0.3 is 17.6 Å². The SMILES string of the molecule is Cc1c(CC(=O)N[C@@H](CCCNC(N)=O)C(=O)O)c(=O)oc2cc3occ(C(C)(C)C)c3cc12. The topological polar surface area (TPSA) is 165 Å². The maximum Gasteiger partial charge on any atom is 0.340 e. The summed E-state index contributed by atoms with van der Waals surface area (Å²) in [6, 6.07) is 1.67. The van der Waals surface area contributed by atoms with E-state index >= 15 is 0 Å². The molecule has 182 valence electrons. The molecule has 0 aliphatic heterocycles. The number of carboxylic acid groups (broad SMARTS) is 1. The molecule has 2 aromatic heterocycles. The Morgan fingerprint density at radius 3 is 2.47 bits per heavy atom. The molecule has 0 fully saturated rings. The number of furan rings is 1. The number of benzene rings is 1. The van der Waals surface area contributed by atoms with E-state index in [0.717, 1.165) is 10.9 Å². The summed E-state index contributed by atoms with van der Waals surface area (Å²) in [7, 11) is 0. The maximum absolute atomic E-state index is 12.6. The monoisotopic (exact) mass is 471 g/mol. The first-order valence-corrected chi connectivity index (χ1v) is 10.9. The van der Waals surface area contributed by atoms with Crippen molar-refractivity contribution in [3.63, 3.8) is 0 Å². The fourth-order valence-electron chi connectivity index (χ4n) is 3.88. The molecule has 0 aliphatic rings. The van der Waals surface area contributed by atoms with Gasteiger partial charge in [-0.05, 0) is 36.8 Å². The van der Waals surface area contributed by atoms with Gasteiger partial charge in [0.1, 0.15) is 17.2 Å². The molecule has 3 amide bonds. The van der Waals surface area contributed by atoms with Crippen LogP contribution >= 0.6 is 0 Å². The molecule has 0 unspecified atom stereocenters. The Morgan fingerprint density at radius 1 is 1.15 bits per heavy atom. The Labute approximate surface area is 195 Å². The Balaban J connectivity index is 1.86. The first-order valence-electron chi connectivity index (χ1n) is 10.9. The van der Waals surface area contributed by atoms with Crippen molar-refractivity contribution >= 4 is 39.8 Å². The van der Waals surface area contributed by atoms with Crippen molar-refractivity contribution in [3.8, 4) is 0 Å². The number of carboxylic acids is 1. The summed E-state index contributed by atoms with van der Waals surface area (Å²) >= 11 is 0. The Hall–Kier alpha value is -3.82. The second kappa shape index (κ2) is 9.58. The van der Waals surface area contributed by atoms with Crippen LogP contribution in [0.1, 0.15) is 50.3 Å². The molecule has 3 rings (SSSR count). The molecule has 0 spiro atoms. The van der Waals surface area contributed by atoms with E-state index in [9.17, 15) is 24.3 Å². The zero-order valence-corrected chi connectivity index (χ0v) is 19.6. The highest BCUT2D eigenvalue weighted by Gasteiger charge is 2.24. The Bertz CT molecular complexity index is 1310. The zero-order chi connectivity index (χ0) is 25.2. The van der Waals surface area contributed by atoms with Crippen molar-refractivity contribution in [2.75, 3.05) is 6.54 Å². The van der Waals surface area contributed by atoms with Crippen molar-refractivity contribution in [1.82, 2.24) is 10.6 Å². The number of hydrogen-bond donors (Lipinski definition) is 4. The second-order valence-corrected chi connectivity index (χ2v) is 9.31. The number of carbonyl (C=O) groups excluding carboxylic acids is 2. The fourth-order valence-corrected chi connectivity index (χ4v) is 3.88. The number of primary amides is 1. The lowest BCUT2D eigenvalue weighted by molar-refractivity contribution is -0.141.